The van der Waals surface area contributed by atoms with Crippen molar-refractivity contribution in [2.24, 2.45) is 29.6 Å². The second-order valence-electron chi connectivity index (χ2n) is 10.6. The molecule has 31 heavy (non-hydrogen) atoms. The Balaban J connectivity index is 1.39. The molecule has 0 aromatic rings. The number of aliphatic hydroxyl groups excluding tert-OH is 5. The molecular formula is C22H32O9. The lowest BCUT2D eigenvalue weighted by Crippen LogP contribution is -2.73. The van der Waals surface area contributed by atoms with Gasteiger partial charge in [-0.15, -0.1) is 0 Å². The molecule has 0 spiro atoms. The number of esters is 1. The van der Waals surface area contributed by atoms with Crippen molar-refractivity contribution in [2.75, 3.05) is 0 Å². The van der Waals surface area contributed by atoms with Crippen molar-refractivity contribution < 1.29 is 44.5 Å². The molecule has 0 bridgehead atoms. The molecule has 6 rings (SSSR count). The zero-order valence-electron chi connectivity index (χ0n) is 17.3. The quantitative estimate of drug-likeness (QED) is 0.315. The maximum Gasteiger partial charge on any atom is 0.309 e. The van der Waals surface area contributed by atoms with Crippen molar-refractivity contribution in [2.45, 2.75) is 99.6 Å². The van der Waals surface area contributed by atoms with Gasteiger partial charge in [-0.05, 0) is 44.4 Å². The van der Waals surface area contributed by atoms with Crippen LogP contribution in [0.3, 0.4) is 0 Å². The summed E-state index contributed by atoms with van der Waals surface area (Å²) in [4.78, 5) is 13.0. The Labute approximate surface area is 180 Å². The van der Waals surface area contributed by atoms with Gasteiger partial charge in [0, 0.05) is 17.8 Å². The molecule has 3 heterocycles. The molecule has 15 unspecified atom stereocenters. The van der Waals surface area contributed by atoms with Crippen molar-refractivity contribution in [1.29, 1.82) is 0 Å². The fourth-order valence-electron chi connectivity index (χ4n) is 7.72. The van der Waals surface area contributed by atoms with Gasteiger partial charge < -0.3 is 39.7 Å². The number of carbonyl (C=O) groups excluding carboxylic acids is 1. The molecule has 6 fully saturated rings. The van der Waals surface area contributed by atoms with Gasteiger partial charge in [-0.2, -0.15) is 0 Å². The molecule has 3 aliphatic carbocycles. The van der Waals surface area contributed by atoms with Crippen molar-refractivity contribution in [3.8, 4) is 0 Å². The smallest absolute Gasteiger partial charge is 0.309 e. The van der Waals surface area contributed by atoms with Crippen LogP contribution in [-0.4, -0.2) is 92.5 Å². The molecular weight excluding hydrogens is 408 g/mol. The number of ether oxygens (including phenoxy) is 3. The van der Waals surface area contributed by atoms with Gasteiger partial charge in [-0.25, -0.2) is 0 Å². The van der Waals surface area contributed by atoms with Crippen molar-refractivity contribution in [3.05, 3.63) is 0 Å². The fourth-order valence-corrected chi connectivity index (χ4v) is 7.72. The monoisotopic (exact) mass is 440 g/mol. The highest BCUT2D eigenvalue weighted by molar-refractivity contribution is 5.74. The molecule has 174 valence electrons. The Hall–Kier alpha value is -0.810. The number of aliphatic hydroxyl groups is 5. The minimum atomic E-state index is -1.08. The molecule has 0 aromatic heterocycles. The van der Waals surface area contributed by atoms with Crippen molar-refractivity contribution >= 4 is 5.97 Å². The maximum atomic E-state index is 13.0. The molecule has 0 radical (unpaired) electrons. The van der Waals surface area contributed by atoms with E-state index in [0.717, 1.165) is 0 Å². The summed E-state index contributed by atoms with van der Waals surface area (Å²) in [6.07, 6.45) is -4.02. The van der Waals surface area contributed by atoms with E-state index in [1.165, 1.54) is 0 Å². The molecule has 3 saturated heterocycles. The van der Waals surface area contributed by atoms with Gasteiger partial charge in [-0.1, -0.05) is 0 Å². The second kappa shape index (κ2) is 7.35. The van der Waals surface area contributed by atoms with E-state index in [9.17, 15) is 30.3 Å². The van der Waals surface area contributed by atoms with Crippen LogP contribution in [-0.2, 0) is 19.0 Å². The lowest BCUT2D eigenvalue weighted by Gasteiger charge is -2.64. The van der Waals surface area contributed by atoms with Crippen molar-refractivity contribution in [1.82, 2.24) is 0 Å². The van der Waals surface area contributed by atoms with E-state index in [1.54, 1.807) is 0 Å². The van der Waals surface area contributed by atoms with Gasteiger partial charge in [-0.3, -0.25) is 4.79 Å². The molecule has 9 heteroatoms. The SMILES string of the molecule is O=C1OC2C(C3CCC(O)C(O)C3)OC3CC(O)CC4OC5C(O)C(O)CC1C5C2C34. The summed E-state index contributed by atoms with van der Waals surface area (Å²) in [6.45, 7) is 0. The van der Waals surface area contributed by atoms with Crippen molar-refractivity contribution in [3.63, 3.8) is 0 Å². The summed E-state index contributed by atoms with van der Waals surface area (Å²) >= 11 is 0. The highest BCUT2D eigenvalue weighted by Crippen LogP contribution is 2.58. The number of rotatable bonds is 1. The Morgan fingerprint density at radius 2 is 1.39 bits per heavy atom. The molecule has 0 aromatic carbocycles. The minimum absolute atomic E-state index is 0.0527. The standard InChI is InChI=1S/C22H32O9/c23-8-4-13-16-14(5-8)30-20-15-9(6-12(26)18(20)27)22(28)31-21(17(15)16)19(29-13)7-1-2-10(24)11(25)3-7/h7-21,23-27H,1-6H2. The van der Waals surface area contributed by atoms with Gasteiger partial charge >= 0.3 is 5.97 Å². The summed E-state index contributed by atoms with van der Waals surface area (Å²) in [5, 5.41) is 51.8. The number of carbonyl (C=O) groups is 1. The van der Waals surface area contributed by atoms with E-state index < -0.39 is 54.7 Å². The summed E-state index contributed by atoms with van der Waals surface area (Å²) in [5.74, 6) is -1.41. The van der Waals surface area contributed by atoms with E-state index in [-0.39, 0.29) is 48.3 Å². The molecule has 0 amide bonds. The minimum Gasteiger partial charge on any atom is -0.459 e. The number of hydrogen-bond acceptors (Lipinski definition) is 9. The zero-order valence-corrected chi connectivity index (χ0v) is 17.3. The Bertz CT molecular complexity index is 732. The maximum absolute atomic E-state index is 13.0. The van der Waals surface area contributed by atoms with E-state index in [4.69, 9.17) is 14.2 Å². The van der Waals surface area contributed by atoms with Crippen LogP contribution >= 0.6 is 0 Å². The van der Waals surface area contributed by atoms with E-state index in [0.29, 0.717) is 32.1 Å². The van der Waals surface area contributed by atoms with Crippen LogP contribution in [0.2, 0.25) is 0 Å². The first-order valence-corrected chi connectivity index (χ1v) is 11.7. The first-order chi connectivity index (χ1) is 14.8. The Morgan fingerprint density at radius 3 is 2.10 bits per heavy atom. The largest absolute Gasteiger partial charge is 0.459 e. The Kier molecular flexibility index (Phi) is 4.92. The predicted octanol–water partition coefficient (Wildman–Crippen LogP) is -1.29. The van der Waals surface area contributed by atoms with Gasteiger partial charge in [0.25, 0.3) is 0 Å². The molecule has 3 aliphatic heterocycles. The lowest BCUT2D eigenvalue weighted by molar-refractivity contribution is -0.334. The summed E-state index contributed by atoms with van der Waals surface area (Å²) in [7, 11) is 0. The average molecular weight is 440 g/mol. The lowest BCUT2D eigenvalue weighted by atomic mass is 9.54. The van der Waals surface area contributed by atoms with Crippen LogP contribution in [0.5, 0.6) is 0 Å². The van der Waals surface area contributed by atoms with E-state index >= 15 is 0 Å². The fraction of sp³-hybridized carbons (Fsp3) is 0.955. The third kappa shape index (κ3) is 3.04. The molecule has 9 nitrogen and oxygen atoms in total. The first kappa shape index (κ1) is 20.8. The van der Waals surface area contributed by atoms with Gasteiger partial charge in [0.05, 0.1) is 54.7 Å². The number of hydrogen-bond donors (Lipinski definition) is 5. The van der Waals surface area contributed by atoms with Crippen LogP contribution in [0.25, 0.3) is 0 Å². The van der Waals surface area contributed by atoms with Crippen LogP contribution in [0.4, 0.5) is 0 Å². The predicted molar refractivity (Wildman–Crippen MR) is 102 cm³/mol. The van der Waals surface area contributed by atoms with Crippen LogP contribution in [0, 0.1) is 29.6 Å². The zero-order chi connectivity index (χ0) is 21.6. The molecule has 6 aliphatic rings. The van der Waals surface area contributed by atoms with E-state index in [1.807, 2.05) is 0 Å². The summed E-state index contributed by atoms with van der Waals surface area (Å²) < 4.78 is 18.8. The average Bonchev–Trinajstić information content (AvgIpc) is 2.73. The van der Waals surface area contributed by atoms with Crippen LogP contribution in [0.15, 0.2) is 0 Å². The van der Waals surface area contributed by atoms with Gasteiger partial charge in [0.2, 0.25) is 0 Å². The first-order valence-electron chi connectivity index (χ1n) is 11.7. The van der Waals surface area contributed by atoms with Gasteiger partial charge in [0.1, 0.15) is 12.2 Å². The summed E-state index contributed by atoms with van der Waals surface area (Å²) in [6, 6.07) is 0. The van der Waals surface area contributed by atoms with Crippen LogP contribution < -0.4 is 0 Å². The Morgan fingerprint density at radius 1 is 0.677 bits per heavy atom. The highest BCUT2D eigenvalue weighted by Gasteiger charge is 2.67. The van der Waals surface area contributed by atoms with E-state index in [2.05, 4.69) is 0 Å². The van der Waals surface area contributed by atoms with Gasteiger partial charge in [0.15, 0.2) is 0 Å². The molecule has 5 N–H and O–H groups in total. The summed E-state index contributed by atoms with van der Waals surface area (Å²) in [5.41, 5.74) is 0. The topological polar surface area (TPSA) is 146 Å². The highest BCUT2D eigenvalue weighted by atomic mass is 16.6. The third-order valence-electron chi connectivity index (χ3n) is 9.03. The molecule has 15 atom stereocenters. The second-order valence-corrected chi connectivity index (χ2v) is 10.6. The molecule has 3 saturated carbocycles. The van der Waals surface area contributed by atoms with Crippen LogP contribution in [0.1, 0.15) is 38.5 Å². The normalized spacial score (nSPS) is 60.7. The third-order valence-corrected chi connectivity index (χ3v) is 9.03.